The van der Waals surface area contributed by atoms with Crippen LogP contribution in [-0.4, -0.2) is 40.0 Å². The highest BCUT2D eigenvalue weighted by atomic mass is 19.1. The van der Waals surface area contributed by atoms with E-state index in [4.69, 9.17) is 5.11 Å². The van der Waals surface area contributed by atoms with E-state index in [1.54, 1.807) is 0 Å². The van der Waals surface area contributed by atoms with Crippen LogP contribution in [0.25, 0.3) is 0 Å². The van der Waals surface area contributed by atoms with Gasteiger partial charge in [0.05, 0.1) is 10.8 Å². The van der Waals surface area contributed by atoms with Crippen molar-refractivity contribution in [1.29, 1.82) is 0 Å². The Morgan fingerprint density at radius 1 is 1.48 bits per heavy atom. The number of hydrogen-bond donors (Lipinski definition) is 2. The van der Waals surface area contributed by atoms with Crippen molar-refractivity contribution in [2.45, 2.75) is 6.42 Å². The van der Waals surface area contributed by atoms with Gasteiger partial charge in [0.25, 0.3) is 0 Å². The molecule has 0 radical (unpaired) electrons. The predicted octanol–water partition coefficient (Wildman–Crippen LogP) is 1.67. The fourth-order valence-electron chi connectivity index (χ4n) is 2.08. The number of hydrogen-bond acceptors (Lipinski definition) is 4. The van der Waals surface area contributed by atoms with E-state index in [1.807, 2.05) is 0 Å². The maximum absolute atomic E-state index is 13.4. The minimum atomic E-state index is -1.05. The number of nitro benzene ring substituents is 1. The van der Waals surface area contributed by atoms with Crippen LogP contribution in [0.1, 0.15) is 6.42 Å². The van der Waals surface area contributed by atoms with Gasteiger partial charge in [0, 0.05) is 30.9 Å². The maximum Gasteiger partial charge on any atom is 0.321 e. The number of halogens is 1. The standard InChI is InChI=1S/C12H12FN3O5/c13-9-5-8(1-2-10(9)16(20)21)14-12(19)15-4-3-7(6-15)11(17)18/h1-2,5,7H,3-4,6H2,(H,14,19)(H,17,18). The number of likely N-dealkylation sites (tertiary alicyclic amines) is 1. The first-order chi connectivity index (χ1) is 9.88. The normalized spacial score (nSPS) is 17.6. The molecule has 1 aromatic carbocycles. The van der Waals surface area contributed by atoms with E-state index in [2.05, 4.69) is 5.32 Å². The lowest BCUT2D eigenvalue weighted by Gasteiger charge is -2.16. The van der Waals surface area contributed by atoms with Crippen LogP contribution in [0.4, 0.5) is 20.6 Å². The number of carbonyl (C=O) groups is 2. The molecule has 0 bridgehead atoms. The van der Waals surface area contributed by atoms with E-state index in [9.17, 15) is 24.1 Å². The lowest BCUT2D eigenvalue weighted by molar-refractivity contribution is -0.387. The Bertz CT molecular complexity index is 607. The fraction of sp³-hybridized carbons (Fsp3) is 0.333. The van der Waals surface area contributed by atoms with Crippen LogP contribution in [0.3, 0.4) is 0 Å². The first-order valence-corrected chi connectivity index (χ1v) is 6.11. The van der Waals surface area contributed by atoms with Gasteiger partial charge >= 0.3 is 17.7 Å². The number of urea groups is 1. The predicted molar refractivity (Wildman–Crippen MR) is 69.4 cm³/mol. The molecule has 21 heavy (non-hydrogen) atoms. The lowest BCUT2D eigenvalue weighted by atomic mass is 10.1. The number of nitrogens with one attached hydrogen (secondary N) is 1. The van der Waals surface area contributed by atoms with Crippen LogP contribution in [0.2, 0.25) is 0 Å². The Hall–Kier alpha value is -2.71. The first-order valence-electron chi connectivity index (χ1n) is 6.11. The maximum atomic E-state index is 13.4. The highest BCUT2D eigenvalue weighted by Gasteiger charge is 2.31. The molecule has 0 aliphatic carbocycles. The molecule has 2 rings (SSSR count). The number of benzene rings is 1. The number of aliphatic carboxylic acids is 1. The van der Waals surface area contributed by atoms with E-state index < -0.39 is 34.3 Å². The second-order valence-electron chi connectivity index (χ2n) is 4.62. The summed E-state index contributed by atoms with van der Waals surface area (Å²) < 4.78 is 13.4. The van der Waals surface area contributed by atoms with E-state index in [0.717, 1.165) is 12.1 Å². The molecule has 1 saturated heterocycles. The van der Waals surface area contributed by atoms with Crippen LogP contribution in [-0.2, 0) is 4.79 Å². The summed E-state index contributed by atoms with van der Waals surface area (Å²) >= 11 is 0. The summed E-state index contributed by atoms with van der Waals surface area (Å²) in [4.78, 5) is 33.6. The molecule has 1 aliphatic rings. The van der Waals surface area contributed by atoms with Gasteiger partial charge in [-0.05, 0) is 12.5 Å². The van der Waals surface area contributed by atoms with E-state index in [-0.39, 0.29) is 18.8 Å². The number of anilines is 1. The SMILES string of the molecule is O=C(O)C1CCN(C(=O)Nc2ccc([N+](=O)[O-])c(F)c2)C1. The Morgan fingerprint density at radius 2 is 2.19 bits per heavy atom. The van der Waals surface area contributed by atoms with Gasteiger partial charge in [-0.2, -0.15) is 4.39 Å². The van der Waals surface area contributed by atoms with E-state index in [1.165, 1.54) is 11.0 Å². The molecular formula is C12H12FN3O5. The molecule has 1 heterocycles. The number of carboxylic acid groups (broad SMARTS) is 1. The number of rotatable bonds is 3. The molecule has 1 aliphatic heterocycles. The minimum Gasteiger partial charge on any atom is -0.481 e. The van der Waals surface area contributed by atoms with Gasteiger partial charge in [-0.15, -0.1) is 0 Å². The molecule has 0 saturated carbocycles. The van der Waals surface area contributed by atoms with E-state index >= 15 is 0 Å². The highest BCUT2D eigenvalue weighted by molar-refractivity contribution is 5.90. The summed E-state index contributed by atoms with van der Waals surface area (Å²) in [5, 5.41) is 21.7. The summed E-state index contributed by atoms with van der Waals surface area (Å²) in [6, 6.07) is 2.45. The van der Waals surface area contributed by atoms with Crippen molar-refractivity contribution >= 4 is 23.4 Å². The monoisotopic (exact) mass is 297 g/mol. The molecule has 0 spiro atoms. The molecule has 2 amide bonds. The largest absolute Gasteiger partial charge is 0.481 e. The molecule has 1 unspecified atom stereocenters. The van der Waals surface area contributed by atoms with Crippen molar-refractivity contribution in [2.24, 2.45) is 5.92 Å². The number of nitrogens with zero attached hydrogens (tertiary/aromatic N) is 2. The molecule has 2 N–H and O–H groups in total. The molecule has 0 aromatic heterocycles. The lowest BCUT2D eigenvalue weighted by Crippen LogP contribution is -2.33. The van der Waals surface area contributed by atoms with Crippen molar-refractivity contribution in [1.82, 2.24) is 4.90 Å². The van der Waals surface area contributed by atoms with Gasteiger partial charge in [0.1, 0.15) is 0 Å². The summed E-state index contributed by atoms with van der Waals surface area (Å²) in [5.74, 6) is -2.63. The Labute approximate surface area is 118 Å². The molecular weight excluding hydrogens is 285 g/mol. The van der Waals surface area contributed by atoms with Crippen LogP contribution in [0.5, 0.6) is 0 Å². The number of carboxylic acids is 1. The van der Waals surface area contributed by atoms with Gasteiger partial charge in [-0.3, -0.25) is 14.9 Å². The Kier molecular flexibility index (Phi) is 4.01. The quantitative estimate of drug-likeness (QED) is 0.651. The minimum absolute atomic E-state index is 0.0712. The molecule has 1 atom stereocenters. The average Bonchev–Trinajstić information content (AvgIpc) is 2.88. The molecule has 1 fully saturated rings. The van der Waals surface area contributed by atoms with Crippen LogP contribution in [0.15, 0.2) is 18.2 Å². The second kappa shape index (κ2) is 5.73. The van der Waals surface area contributed by atoms with Gasteiger partial charge in [0.2, 0.25) is 5.82 Å². The Morgan fingerprint density at radius 3 is 2.71 bits per heavy atom. The van der Waals surface area contributed by atoms with Crippen molar-refractivity contribution in [3.05, 3.63) is 34.1 Å². The third-order valence-electron chi connectivity index (χ3n) is 3.22. The molecule has 1 aromatic rings. The first kappa shape index (κ1) is 14.7. The van der Waals surface area contributed by atoms with Crippen LogP contribution < -0.4 is 5.32 Å². The third-order valence-corrected chi connectivity index (χ3v) is 3.22. The summed E-state index contributed by atoms with van der Waals surface area (Å²) in [5.41, 5.74) is -0.609. The van der Waals surface area contributed by atoms with Gasteiger partial charge in [-0.1, -0.05) is 0 Å². The highest BCUT2D eigenvalue weighted by Crippen LogP contribution is 2.22. The molecule has 8 nitrogen and oxygen atoms in total. The number of amides is 2. The topological polar surface area (TPSA) is 113 Å². The van der Waals surface area contributed by atoms with Crippen LogP contribution >= 0.6 is 0 Å². The number of nitro groups is 1. The summed E-state index contributed by atoms with van der Waals surface area (Å²) in [6.07, 6.45) is 0.359. The number of carbonyl (C=O) groups excluding carboxylic acids is 1. The fourth-order valence-corrected chi connectivity index (χ4v) is 2.08. The van der Waals surface area contributed by atoms with Gasteiger partial charge < -0.3 is 15.3 Å². The van der Waals surface area contributed by atoms with Crippen LogP contribution in [0, 0.1) is 21.8 Å². The van der Waals surface area contributed by atoms with Gasteiger partial charge in [0.15, 0.2) is 0 Å². The summed E-state index contributed by atoms with van der Waals surface area (Å²) in [6.45, 7) is 0.370. The van der Waals surface area contributed by atoms with Crippen molar-refractivity contribution in [2.75, 3.05) is 18.4 Å². The zero-order valence-electron chi connectivity index (χ0n) is 10.8. The third kappa shape index (κ3) is 3.25. The van der Waals surface area contributed by atoms with Gasteiger partial charge in [-0.25, -0.2) is 4.79 Å². The zero-order chi connectivity index (χ0) is 15.6. The molecule has 9 heteroatoms. The van der Waals surface area contributed by atoms with Crippen molar-refractivity contribution < 1.29 is 24.0 Å². The zero-order valence-corrected chi connectivity index (χ0v) is 10.8. The van der Waals surface area contributed by atoms with Crippen molar-refractivity contribution in [3.63, 3.8) is 0 Å². The summed E-state index contributed by atoms with van der Waals surface area (Å²) in [7, 11) is 0. The van der Waals surface area contributed by atoms with Crippen molar-refractivity contribution in [3.8, 4) is 0 Å². The van der Waals surface area contributed by atoms with E-state index in [0.29, 0.717) is 6.42 Å². The Balaban J connectivity index is 2.02. The molecule has 112 valence electrons. The second-order valence-corrected chi connectivity index (χ2v) is 4.62. The average molecular weight is 297 g/mol. The smallest absolute Gasteiger partial charge is 0.321 e.